The van der Waals surface area contributed by atoms with Gasteiger partial charge in [-0.2, -0.15) is 0 Å². The highest BCUT2D eigenvalue weighted by molar-refractivity contribution is 8.00. The second kappa shape index (κ2) is 48.9. The van der Waals surface area contributed by atoms with Gasteiger partial charge < -0.3 is 99.0 Å². The van der Waals surface area contributed by atoms with Crippen molar-refractivity contribution in [1.29, 1.82) is 0 Å². The lowest BCUT2D eigenvalue weighted by atomic mass is 9.98. The molecule has 2 heterocycles. The minimum atomic E-state index is -1.78. The fraction of sp³-hybridized carbons (Fsp3) is 0.419. The van der Waals surface area contributed by atoms with Crippen LogP contribution in [-0.4, -0.2) is 267 Å². The number of nitrogens with zero attached hydrogens (tertiary/aromatic N) is 5. The minimum Gasteiger partial charge on any atom is -0.508 e. The van der Waals surface area contributed by atoms with Gasteiger partial charge in [-0.25, -0.2) is 0 Å². The molecule has 7 aromatic rings. The van der Waals surface area contributed by atoms with Crippen LogP contribution in [0.5, 0.6) is 11.5 Å². The Labute approximate surface area is 753 Å². The lowest BCUT2D eigenvalue weighted by molar-refractivity contribution is -0.151. The molecule has 35 nitrogen and oxygen atoms in total. The monoisotopic (exact) mass is 1790 g/mol. The molecule has 16 amide bonds. The molecule has 1 aliphatic heterocycles. The molecule has 6 aromatic carbocycles. The second-order valence-corrected chi connectivity index (χ2v) is 34.2. The van der Waals surface area contributed by atoms with E-state index in [9.17, 15) is 48.6 Å². The zero-order valence-electron chi connectivity index (χ0n) is 74.2. The molecule has 0 unspecified atom stereocenters. The van der Waals surface area contributed by atoms with Gasteiger partial charge in [0.2, 0.25) is 94.5 Å². The Kier molecular flexibility index (Phi) is 38.2. The third kappa shape index (κ3) is 30.5. The number of carbonyl (C=O) groups is 16. The molecule has 0 aliphatic carbocycles. The number of fused-ring (bicyclic) bond motifs is 1. The van der Waals surface area contributed by atoms with E-state index in [2.05, 4.69) is 52.8 Å². The van der Waals surface area contributed by atoms with Gasteiger partial charge in [-0.05, 0) is 88.4 Å². The number of hydrogen-bond donors (Lipinski definition) is 14. The van der Waals surface area contributed by atoms with Crippen molar-refractivity contribution in [3.8, 4) is 11.5 Å². The van der Waals surface area contributed by atoms with Crippen LogP contribution >= 0.6 is 11.8 Å². The molecule has 129 heavy (non-hydrogen) atoms. The largest absolute Gasteiger partial charge is 0.508 e. The number of nitrogens with one attached hydrogen (secondary N) is 10. The Morgan fingerprint density at radius 3 is 1.42 bits per heavy atom. The maximum Gasteiger partial charge on any atom is 0.246 e. The number of carbonyl (C=O) groups excluding carboxylic acids is 16. The van der Waals surface area contributed by atoms with E-state index in [1.807, 2.05) is 6.92 Å². The Hall–Kier alpha value is -13.7. The molecule has 690 valence electrons. The van der Waals surface area contributed by atoms with Crippen LogP contribution < -0.4 is 59.3 Å². The number of thioether (sulfide) groups is 1. The molecule has 8 rings (SSSR count). The predicted octanol–water partition coefficient (Wildman–Crippen LogP) is 1.73. The van der Waals surface area contributed by atoms with Gasteiger partial charge in [-0.1, -0.05) is 181 Å². The van der Waals surface area contributed by atoms with Crippen LogP contribution in [0.15, 0.2) is 170 Å². The Morgan fingerprint density at radius 1 is 0.442 bits per heavy atom. The predicted molar refractivity (Wildman–Crippen MR) is 484 cm³/mol. The van der Waals surface area contributed by atoms with Crippen molar-refractivity contribution in [2.24, 2.45) is 23.3 Å². The van der Waals surface area contributed by atoms with Crippen LogP contribution in [0, 0.1) is 11.8 Å². The molecule has 1 aliphatic rings. The fourth-order valence-corrected chi connectivity index (χ4v) is 15.8. The highest BCUT2D eigenvalue weighted by atomic mass is 32.2. The number of para-hydroxylation sites is 1. The molecular weight excluding hydrogens is 1680 g/mol. The van der Waals surface area contributed by atoms with Gasteiger partial charge in [0, 0.05) is 96.6 Å². The van der Waals surface area contributed by atoms with Crippen LogP contribution in [0.1, 0.15) is 100 Å². The Morgan fingerprint density at radius 2 is 0.884 bits per heavy atom. The molecule has 0 saturated carbocycles. The van der Waals surface area contributed by atoms with Crippen molar-refractivity contribution in [3.05, 3.63) is 203 Å². The SMILES string of the molecule is CCCC[C@H]1C(=O)N(C)CC(=O)N[C@@H](CC(N)=O)C(=O)N[C@@H](C(C)C)C(=O)N(C)[C@@H](Cc2ccccc2)C(=O)N[C@@H](Cc2ccc(O)cc2)C(=O)N(C)CC(=O)N[C@@H](Cc2c[nH]c3ccccc23)C(=O)N[C@@H](Cc2ccc(O)cc2)C(=O)N[C@@H](CC(C)C)C(=O)N[C@H](C(=O)NCC(N)=O)CSCC(=O)N[C@@H](Cc2ccccc2)C(=O)N(C)[C@@H](Cc2ccccc2)C(=O)N1C. The van der Waals surface area contributed by atoms with E-state index in [1.54, 1.807) is 149 Å². The van der Waals surface area contributed by atoms with Crippen molar-refractivity contribution < 1.29 is 86.9 Å². The minimum absolute atomic E-state index is 0.0464. The van der Waals surface area contributed by atoms with E-state index in [0.29, 0.717) is 57.1 Å². The third-order valence-corrected chi connectivity index (χ3v) is 23.1. The van der Waals surface area contributed by atoms with Crippen molar-refractivity contribution in [2.45, 2.75) is 172 Å². The van der Waals surface area contributed by atoms with Gasteiger partial charge in [0.1, 0.15) is 78.0 Å². The standard InChI is InChI=1S/C93H119N17O18S/c1-11-12-32-74-91(126)107(7)52-80(116)99-70(48-77(94)113)87(122)105-82(56(4)5)93(128)109(9)75(45-58-26-18-14-19-27-58)88(123)103-71(44-61-35-39-64(112)40-36-61)89(124)106(6)51-79(115)98-69(47-62-49-96-66-31-23-22-30-65(62)66)86(121)102-68(42-60-33-37-63(111)38-34-60)85(120)101-67(41-55(2)3)84(119)104-73(83(118)97-50-78(95)114)53-129-54-81(117)100-72(43-57-24-16-13-17-25-57)90(125)110(10)76(92(127)108(74)8)46-59-28-20-15-21-29-59/h13-31,33-40,49,55-56,67-76,82,96,111-112H,11-12,32,41-48,50-54H2,1-10H3,(H2,94,113)(H2,95,114)(H,97,118)(H,98,115)(H,99,116)(H,100,117)(H,101,120)(H,102,121)(H,103,123)(H,104,119)(H,105,122)/t67-,68-,69-,70-,71-,72-,73-,74-,75-,76-,82-/m0/s1. The van der Waals surface area contributed by atoms with Crippen molar-refractivity contribution in [3.63, 3.8) is 0 Å². The average molecular weight is 1800 g/mol. The Balaban J connectivity index is 1.21. The summed E-state index contributed by atoms with van der Waals surface area (Å²) in [7, 11) is 6.61. The molecule has 1 fully saturated rings. The van der Waals surface area contributed by atoms with Crippen molar-refractivity contribution >= 4 is 117 Å². The van der Waals surface area contributed by atoms with Gasteiger partial charge in [0.15, 0.2) is 0 Å². The number of nitrogens with two attached hydrogens (primary N) is 2. The summed E-state index contributed by atoms with van der Waals surface area (Å²) >= 11 is 0.834. The molecule has 11 atom stereocenters. The summed E-state index contributed by atoms with van der Waals surface area (Å²) in [6, 6.07) is 27.7. The molecular formula is C93H119N17O18S. The normalized spacial score (nSPS) is 21.9. The van der Waals surface area contributed by atoms with Gasteiger partial charge in [-0.3, -0.25) is 76.7 Å². The number of rotatable bonds is 23. The number of primary amides is 2. The molecule has 0 spiro atoms. The van der Waals surface area contributed by atoms with Crippen molar-refractivity contribution in [2.75, 3.05) is 66.4 Å². The van der Waals surface area contributed by atoms with E-state index >= 15 is 38.4 Å². The summed E-state index contributed by atoms with van der Waals surface area (Å²) in [5.74, 6) is -16.6. The first-order valence-electron chi connectivity index (χ1n) is 42.7. The molecule has 1 aromatic heterocycles. The number of amides is 16. The first kappa shape index (κ1) is 101. The maximum absolute atomic E-state index is 15.5. The number of benzene rings is 6. The van der Waals surface area contributed by atoms with Crippen molar-refractivity contribution in [1.82, 2.24) is 77.3 Å². The molecule has 1 saturated heterocycles. The zero-order valence-corrected chi connectivity index (χ0v) is 75.0. The maximum atomic E-state index is 15.5. The summed E-state index contributed by atoms with van der Waals surface area (Å²) in [4.78, 5) is 244. The van der Waals surface area contributed by atoms with Crippen LogP contribution in [0.25, 0.3) is 10.9 Å². The number of likely N-dealkylation sites (N-methyl/N-ethyl adjacent to an activating group) is 5. The number of H-pyrrole nitrogens is 1. The first-order chi connectivity index (χ1) is 61.4. The highest BCUT2D eigenvalue weighted by Gasteiger charge is 2.42. The molecule has 0 bridgehead atoms. The Bertz CT molecular complexity index is 5070. The van der Waals surface area contributed by atoms with E-state index < -0.39 is 199 Å². The number of aromatic hydroxyl groups is 2. The fourth-order valence-electron chi connectivity index (χ4n) is 15.0. The van der Waals surface area contributed by atoms with E-state index in [4.69, 9.17) is 11.5 Å². The summed E-state index contributed by atoms with van der Waals surface area (Å²) in [5.41, 5.74) is 14.9. The van der Waals surface area contributed by atoms with Gasteiger partial charge in [-0.15, -0.1) is 11.8 Å². The number of phenols is 2. The first-order valence-corrected chi connectivity index (χ1v) is 43.9. The number of phenolic OH excluding ortho intramolecular Hbond substituents is 2. The van der Waals surface area contributed by atoms with E-state index in [0.717, 1.165) is 26.5 Å². The number of unbranched alkanes of at least 4 members (excludes halogenated alkanes) is 1. The van der Waals surface area contributed by atoms with E-state index in [1.165, 1.54) is 93.6 Å². The summed E-state index contributed by atoms with van der Waals surface area (Å²) in [6.45, 7) is 6.29. The lowest BCUT2D eigenvalue weighted by Gasteiger charge is -2.37. The number of aromatic nitrogens is 1. The summed E-state index contributed by atoms with van der Waals surface area (Å²) < 4.78 is 0. The molecule has 36 heteroatoms. The molecule has 16 N–H and O–H groups in total. The number of aromatic amines is 1. The summed E-state index contributed by atoms with van der Waals surface area (Å²) in [6.07, 6.45) is 0.417. The van der Waals surface area contributed by atoms with Gasteiger partial charge in [0.25, 0.3) is 0 Å². The number of hydrogen-bond acceptors (Lipinski definition) is 19. The van der Waals surface area contributed by atoms with Crippen LogP contribution in [0.3, 0.4) is 0 Å². The second-order valence-electron chi connectivity index (χ2n) is 33.1. The highest BCUT2D eigenvalue weighted by Crippen LogP contribution is 2.25. The molecule has 0 radical (unpaired) electrons. The average Bonchev–Trinajstić information content (AvgIpc) is 1.50. The topological polar surface area (TPSA) is 506 Å². The summed E-state index contributed by atoms with van der Waals surface area (Å²) in [5, 5.41) is 45.5. The lowest BCUT2D eigenvalue weighted by Crippen LogP contribution is -2.61. The quantitative estimate of drug-likeness (QED) is 0.0434. The van der Waals surface area contributed by atoms with E-state index in [-0.39, 0.29) is 74.5 Å². The smallest absolute Gasteiger partial charge is 0.246 e. The third-order valence-electron chi connectivity index (χ3n) is 22.1. The van der Waals surface area contributed by atoms with Gasteiger partial charge >= 0.3 is 0 Å². The van der Waals surface area contributed by atoms with Gasteiger partial charge in [0.05, 0.1) is 31.8 Å². The zero-order chi connectivity index (χ0) is 94.3. The van der Waals surface area contributed by atoms with Crippen LogP contribution in [-0.2, 0) is 115 Å². The van der Waals surface area contributed by atoms with Crippen LogP contribution in [0.4, 0.5) is 0 Å². The van der Waals surface area contributed by atoms with Crippen LogP contribution in [0.2, 0.25) is 0 Å².